The summed E-state index contributed by atoms with van der Waals surface area (Å²) in [6.45, 7) is 6.34. The van der Waals surface area contributed by atoms with E-state index in [9.17, 15) is 17.2 Å². The molecule has 0 aliphatic rings. The van der Waals surface area contributed by atoms with Gasteiger partial charge in [0.15, 0.2) is 0 Å². The minimum absolute atomic E-state index is 0.344. The van der Waals surface area contributed by atoms with Gasteiger partial charge in [0.2, 0.25) is 9.84 Å². The molecule has 0 radical (unpaired) electrons. The van der Waals surface area contributed by atoms with Gasteiger partial charge in [-0.05, 0) is 42.3 Å². The lowest BCUT2D eigenvalue weighted by Gasteiger charge is -2.21. The predicted octanol–water partition coefficient (Wildman–Crippen LogP) is 4.01. The van der Waals surface area contributed by atoms with E-state index in [1.54, 1.807) is 12.1 Å². The third-order valence-corrected chi connectivity index (χ3v) is 5.39. The van der Waals surface area contributed by atoms with E-state index in [-0.39, 0.29) is 4.90 Å². The fourth-order valence-electron chi connectivity index (χ4n) is 2.45. The van der Waals surface area contributed by atoms with Crippen molar-refractivity contribution in [3.05, 3.63) is 65.2 Å². The lowest BCUT2D eigenvalue weighted by molar-refractivity contribution is 0.234. The highest BCUT2D eigenvalue weighted by atomic mass is 32.2. The summed E-state index contributed by atoms with van der Waals surface area (Å²) in [6.07, 6.45) is 0. The van der Waals surface area contributed by atoms with Gasteiger partial charge in [0.05, 0.1) is 4.90 Å². The van der Waals surface area contributed by atoms with Crippen LogP contribution in [0.15, 0.2) is 53.4 Å². The Bertz CT molecular complexity index is 774. The van der Waals surface area contributed by atoms with E-state index in [4.69, 9.17) is 0 Å². The van der Waals surface area contributed by atoms with Crippen LogP contribution in [-0.2, 0) is 22.9 Å². The lowest BCUT2D eigenvalue weighted by atomic mass is 10.1. The van der Waals surface area contributed by atoms with Crippen LogP contribution in [-0.4, -0.2) is 25.6 Å². The molecule has 0 aliphatic heterocycles. The number of alkyl halides is 2. The molecule has 24 heavy (non-hydrogen) atoms. The maximum Gasteiger partial charge on any atom is 0.341 e. The molecule has 2 aromatic rings. The predicted molar refractivity (Wildman–Crippen MR) is 90.6 cm³/mol. The number of hydrogen-bond acceptors (Lipinski definition) is 3. The van der Waals surface area contributed by atoms with Crippen molar-refractivity contribution in [3.63, 3.8) is 0 Å². The van der Waals surface area contributed by atoms with Crippen LogP contribution in [0.1, 0.15) is 23.6 Å². The smallest absolute Gasteiger partial charge is 0.295 e. The first-order valence-electron chi connectivity index (χ1n) is 7.72. The molecule has 0 aromatic heterocycles. The Kier molecular flexibility index (Phi) is 6.07. The first-order chi connectivity index (χ1) is 11.3. The van der Waals surface area contributed by atoms with Crippen molar-refractivity contribution in [2.75, 3.05) is 6.54 Å². The summed E-state index contributed by atoms with van der Waals surface area (Å²) in [5.41, 5.74) is 3.34. The fourth-order valence-corrected chi connectivity index (χ4v) is 3.17. The molecule has 6 heteroatoms. The molecule has 0 heterocycles. The number of benzene rings is 2. The summed E-state index contributed by atoms with van der Waals surface area (Å²) in [4.78, 5) is 1.86. The van der Waals surface area contributed by atoms with Gasteiger partial charge >= 0.3 is 5.76 Å². The van der Waals surface area contributed by atoms with E-state index in [0.717, 1.165) is 18.7 Å². The molecule has 0 amide bonds. The molecule has 2 rings (SSSR count). The Hall–Kier alpha value is -1.79. The van der Waals surface area contributed by atoms with Gasteiger partial charge in [-0.2, -0.15) is 8.78 Å². The topological polar surface area (TPSA) is 37.4 Å². The van der Waals surface area contributed by atoms with Crippen LogP contribution < -0.4 is 0 Å². The molecule has 0 saturated heterocycles. The molecule has 0 aliphatic carbocycles. The second kappa shape index (κ2) is 7.85. The molecule has 0 spiro atoms. The standard InChI is InChI=1S/C18H21F2NO2S/c1-3-21(13-16-7-5-4-6-14(16)2)12-15-8-10-17(11-9-15)24(22,23)18(19)20/h4-11,18H,3,12-13H2,1-2H3. The van der Waals surface area contributed by atoms with E-state index in [2.05, 4.69) is 24.0 Å². The van der Waals surface area contributed by atoms with Crippen molar-refractivity contribution >= 4 is 9.84 Å². The van der Waals surface area contributed by atoms with Crippen LogP contribution in [0.3, 0.4) is 0 Å². The minimum atomic E-state index is -4.53. The normalized spacial score (nSPS) is 12.1. The number of halogens is 2. The Morgan fingerprint density at radius 1 is 1.00 bits per heavy atom. The highest BCUT2D eigenvalue weighted by molar-refractivity contribution is 7.91. The Morgan fingerprint density at radius 3 is 2.17 bits per heavy atom. The summed E-state index contributed by atoms with van der Waals surface area (Å²) in [5, 5.41) is 0. The fraction of sp³-hybridized carbons (Fsp3) is 0.333. The van der Waals surface area contributed by atoms with Gasteiger partial charge in [0.1, 0.15) is 0 Å². The van der Waals surface area contributed by atoms with E-state index in [1.807, 2.05) is 19.1 Å². The molecule has 3 nitrogen and oxygen atoms in total. The average Bonchev–Trinajstić information content (AvgIpc) is 2.56. The van der Waals surface area contributed by atoms with Gasteiger partial charge in [-0.25, -0.2) is 8.42 Å². The van der Waals surface area contributed by atoms with Crippen molar-refractivity contribution in [1.29, 1.82) is 0 Å². The zero-order valence-corrected chi connectivity index (χ0v) is 14.6. The zero-order chi connectivity index (χ0) is 17.7. The number of aryl methyl sites for hydroxylation is 1. The first-order valence-corrected chi connectivity index (χ1v) is 9.27. The van der Waals surface area contributed by atoms with E-state index in [0.29, 0.717) is 6.54 Å². The van der Waals surface area contributed by atoms with Gasteiger partial charge < -0.3 is 0 Å². The highest BCUT2D eigenvalue weighted by Crippen LogP contribution is 2.20. The summed E-state index contributed by atoms with van der Waals surface area (Å²) >= 11 is 0. The van der Waals surface area contributed by atoms with Crippen LogP contribution in [0, 0.1) is 6.92 Å². The summed E-state index contributed by atoms with van der Waals surface area (Å²) in [5.74, 6) is -3.39. The summed E-state index contributed by atoms with van der Waals surface area (Å²) in [7, 11) is -4.53. The van der Waals surface area contributed by atoms with E-state index in [1.165, 1.54) is 23.3 Å². The molecule has 0 unspecified atom stereocenters. The Balaban J connectivity index is 2.10. The molecular formula is C18H21F2NO2S. The molecule has 0 N–H and O–H groups in total. The maximum atomic E-state index is 12.5. The van der Waals surface area contributed by atoms with Crippen molar-refractivity contribution in [1.82, 2.24) is 4.90 Å². The number of rotatable bonds is 7. The lowest BCUT2D eigenvalue weighted by Crippen LogP contribution is -2.22. The largest absolute Gasteiger partial charge is 0.341 e. The maximum absolute atomic E-state index is 12.5. The first kappa shape index (κ1) is 18.5. The van der Waals surface area contributed by atoms with Gasteiger partial charge in [-0.15, -0.1) is 0 Å². The van der Waals surface area contributed by atoms with Gasteiger partial charge in [-0.3, -0.25) is 4.90 Å². The van der Waals surface area contributed by atoms with Crippen LogP contribution >= 0.6 is 0 Å². The van der Waals surface area contributed by atoms with Gasteiger partial charge in [0, 0.05) is 13.1 Å². The molecular weight excluding hydrogens is 332 g/mol. The highest BCUT2D eigenvalue weighted by Gasteiger charge is 2.26. The molecule has 0 bridgehead atoms. The van der Waals surface area contributed by atoms with E-state index >= 15 is 0 Å². The van der Waals surface area contributed by atoms with E-state index < -0.39 is 15.6 Å². The van der Waals surface area contributed by atoms with Crippen LogP contribution in [0.25, 0.3) is 0 Å². The number of nitrogens with zero attached hydrogens (tertiary/aromatic N) is 1. The molecule has 2 aromatic carbocycles. The van der Waals surface area contributed by atoms with Gasteiger partial charge in [-0.1, -0.05) is 43.3 Å². The van der Waals surface area contributed by atoms with Crippen molar-refractivity contribution in [2.45, 2.75) is 37.6 Å². The van der Waals surface area contributed by atoms with Crippen LogP contribution in [0.5, 0.6) is 0 Å². The van der Waals surface area contributed by atoms with Crippen LogP contribution in [0.4, 0.5) is 8.78 Å². The number of sulfone groups is 1. The quantitative estimate of drug-likeness (QED) is 0.755. The molecule has 0 saturated carbocycles. The average molecular weight is 353 g/mol. The third-order valence-electron chi connectivity index (χ3n) is 4.00. The zero-order valence-electron chi connectivity index (χ0n) is 13.7. The molecule has 130 valence electrons. The van der Waals surface area contributed by atoms with Crippen molar-refractivity contribution in [3.8, 4) is 0 Å². The summed E-state index contributed by atoms with van der Waals surface area (Å²) < 4.78 is 48.0. The Labute approximate surface area is 141 Å². The SMILES string of the molecule is CCN(Cc1ccc(S(=O)(=O)C(F)F)cc1)Cc1ccccc1C. The number of hydrogen-bond donors (Lipinski definition) is 0. The minimum Gasteiger partial charge on any atom is -0.295 e. The van der Waals surface area contributed by atoms with Crippen molar-refractivity contribution in [2.24, 2.45) is 0 Å². The second-order valence-corrected chi connectivity index (χ2v) is 7.60. The summed E-state index contributed by atoms with van der Waals surface area (Å²) in [6, 6.07) is 13.8. The third kappa shape index (κ3) is 4.39. The van der Waals surface area contributed by atoms with Crippen molar-refractivity contribution < 1.29 is 17.2 Å². The molecule has 0 fully saturated rings. The Morgan fingerprint density at radius 2 is 1.62 bits per heavy atom. The van der Waals surface area contributed by atoms with Gasteiger partial charge in [0.25, 0.3) is 0 Å². The monoisotopic (exact) mass is 353 g/mol. The molecule has 0 atom stereocenters. The van der Waals surface area contributed by atoms with Crippen LogP contribution in [0.2, 0.25) is 0 Å². The second-order valence-electron chi connectivity index (χ2n) is 5.68.